The van der Waals surface area contributed by atoms with Crippen LogP contribution < -0.4 is 10.1 Å². The first-order valence-electron chi connectivity index (χ1n) is 6.48. The highest BCUT2D eigenvalue weighted by atomic mass is 35.5. The van der Waals surface area contributed by atoms with Gasteiger partial charge in [-0.05, 0) is 35.9 Å². The van der Waals surface area contributed by atoms with Crippen molar-refractivity contribution in [1.82, 2.24) is 5.32 Å². The van der Waals surface area contributed by atoms with E-state index in [0.29, 0.717) is 22.9 Å². The summed E-state index contributed by atoms with van der Waals surface area (Å²) in [6, 6.07) is 10.5. The third kappa shape index (κ3) is 3.30. The first-order chi connectivity index (χ1) is 9.65. The second-order valence-electron chi connectivity index (χ2n) is 4.44. The molecule has 2 nitrogen and oxygen atoms in total. The molecular weight excluding hydrogens is 277 g/mol. The fraction of sp³-hybridized carbons (Fsp3) is 0.250. The maximum atomic E-state index is 14.2. The molecule has 0 aromatic heterocycles. The van der Waals surface area contributed by atoms with Crippen molar-refractivity contribution in [1.29, 1.82) is 0 Å². The Bertz CT molecular complexity index is 601. The van der Waals surface area contributed by atoms with Gasteiger partial charge in [-0.25, -0.2) is 4.39 Å². The zero-order valence-corrected chi connectivity index (χ0v) is 12.3. The van der Waals surface area contributed by atoms with Crippen molar-refractivity contribution in [2.75, 3.05) is 13.7 Å². The van der Waals surface area contributed by atoms with E-state index in [9.17, 15) is 4.39 Å². The molecule has 0 saturated carbocycles. The van der Waals surface area contributed by atoms with Gasteiger partial charge in [-0.3, -0.25) is 0 Å². The molecule has 4 heteroatoms. The lowest BCUT2D eigenvalue weighted by Crippen LogP contribution is -2.11. The molecule has 0 aliphatic carbocycles. The molecule has 0 radical (unpaired) electrons. The molecule has 20 heavy (non-hydrogen) atoms. The average Bonchev–Trinajstić information content (AvgIpc) is 2.45. The molecule has 0 atom stereocenters. The Balaban J connectivity index is 2.31. The normalized spacial score (nSPS) is 10.6. The van der Waals surface area contributed by atoms with E-state index in [-0.39, 0.29) is 5.82 Å². The molecule has 106 valence electrons. The maximum Gasteiger partial charge on any atom is 0.137 e. The fourth-order valence-electron chi connectivity index (χ4n) is 2.01. The molecule has 0 unspecified atom stereocenters. The van der Waals surface area contributed by atoms with E-state index in [1.807, 2.05) is 13.0 Å². The average molecular weight is 294 g/mol. The molecule has 1 N–H and O–H groups in total. The summed E-state index contributed by atoms with van der Waals surface area (Å²) in [6.45, 7) is 3.54. The maximum absolute atomic E-state index is 14.2. The summed E-state index contributed by atoms with van der Waals surface area (Å²) in [5, 5.41) is 3.64. The van der Waals surface area contributed by atoms with E-state index in [4.69, 9.17) is 16.3 Å². The molecule has 2 rings (SSSR count). The number of hydrogen-bond acceptors (Lipinski definition) is 2. The van der Waals surface area contributed by atoms with E-state index >= 15 is 0 Å². The molecule has 0 aliphatic rings. The zero-order chi connectivity index (χ0) is 14.5. The Morgan fingerprint density at radius 1 is 1.20 bits per heavy atom. The molecular formula is C16H17ClFNO. The van der Waals surface area contributed by atoms with Crippen molar-refractivity contribution in [3.63, 3.8) is 0 Å². The standard InChI is InChI=1S/C16H17ClFNO/c1-3-19-10-11-4-6-13(15(18)8-11)12-5-7-16(20-2)14(17)9-12/h4-9,19H,3,10H2,1-2H3. The summed E-state index contributed by atoms with van der Waals surface area (Å²) < 4.78 is 19.3. The Labute approximate surface area is 123 Å². The van der Waals surface area contributed by atoms with Crippen LogP contribution in [0.15, 0.2) is 36.4 Å². The molecule has 0 amide bonds. The topological polar surface area (TPSA) is 21.3 Å². The largest absolute Gasteiger partial charge is 0.495 e. The van der Waals surface area contributed by atoms with Gasteiger partial charge >= 0.3 is 0 Å². The first kappa shape index (κ1) is 14.8. The second kappa shape index (κ2) is 6.73. The van der Waals surface area contributed by atoms with Gasteiger partial charge in [0.05, 0.1) is 12.1 Å². The molecule has 0 saturated heterocycles. The lowest BCUT2D eigenvalue weighted by Gasteiger charge is -2.09. The number of ether oxygens (including phenoxy) is 1. The van der Waals surface area contributed by atoms with E-state index in [0.717, 1.165) is 17.7 Å². The van der Waals surface area contributed by atoms with Crippen LogP contribution in [0.1, 0.15) is 12.5 Å². The van der Waals surface area contributed by atoms with Gasteiger partial charge in [-0.1, -0.05) is 36.7 Å². The van der Waals surface area contributed by atoms with Crippen LogP contribution in [0, 0.1) is 5.82 Å². The number of benzene rings is 2. The van der Waals surface area contributed by atoms with Gasteiger partial charge < -0.3 is 10.1 Å². The Morgan fingerprint density at radius 2 is 2.00 bits per heavy atom. The van der Waals surface area contributed by atoms with Gasteiger partial charge in [0.2, 0.25) is 0 Å². The van der Waals surface area contributed by atoms with Gasteiger partial charge in [0.15, 0.2) is 0 Å². The van der Waals surface area contributed by atoms with Crippen LogP contribution in [0.3, 0.4) is 0 Å². The van der Waals surface area contributed by atoms with Crippen molar-refractivity contribution in [3.8, 4) is 16.9 Å². The minimum Gasteiger partial charge on any atom is -0.495 e. The van der Waals surface area contributed by atoms with Crippen molar-refractivity contribution in [2.24, 2.45) is 0 Å². The van der Waals surface area contributed by atoms with E-state index in [1.165, 1.54) is 0 Å². The van der Waals surface area contributed by atoms with E-state index in [2.05, 4.69) is 5.32 Å². The van der Waals surface area contributed by atoms with Gasteiger partial charge in [0.25, 0.3) is 0 Å². The lowest BCUT2D eigenvalue weighted by molar-refractivity contribution is 0.415. The molecule has 0 spiro atoms. The monoisotopic (exact) mass is 293 g/mol. The highest BCUT2D eigenvalue weighted by molar-refractivity contribution is 6.32. The third-order valence-corrected chi connectivity index (χ3v) is 3.37. The van der Waals surface area contributed by atoms with Gasteiger partial charge in [0.1, 0.15) is 11.6 Å². The summed E-state index contributed by atoms with van der Waals surface area (Å²) in [5.74, 6) is 0.334. The van der Waals surface area contributed by atoms with Crippen LogP contribution in [0.2, 0.25) is 5.02 Å². The minimum absolute atomic E-state index is 0.248. The fourth-order valence-corrected chi connectivity index (χ4v) is 2.26. The van der Waals surface area contributed by atoms with Crippen molar-refractivity contribution < 1.29 is 9.13 Å². The molecule has 0 aliphatic heterocycles. The van der Waals surface area contributed by atoms with Crippen molar-refractivity contribution >= 4 is 11.6 Å². The van der Waals surface area contributed by atoms with Crippen LogP contribution in [-0.4, -0.2) is 13.7 Å². The predicted molar refractivity (Wildman–Crippen MR) is 80.8 cm³/mol. The lowest BCUT2D eigenvalue weighted by atomic mass is 10.0. The van der Waals surface area contributed by atoms with Gasteiger partial charge in [0, 0.05) is 12.1 Å². The third-order valence-electron chi connectivity index (χ3n) is 3.08. The summed E-state index contributed by atoms with van der Waals surface area (Å²) >= 11 is 6.07. The highest BCUT2D eigenvalue weighted by Crippen LogP contribution is 2.31. The number of methoxy groups -OCH3 is 1. The SMILES string of the molecule is CCNCc1ccc(-c2ccc(OC)c(Cl)c2)c(F)c1. The van der Waals surface area contributed by atoms with Crippen LogP contribution in [-0.2, 0) is 6.54 Å². The van der Waals surface area contributed by atoms with Crippen molar-refractivity contribution in [2.45, 2.75) is 13.5 Å². The minimum atomic E-state index is -0.248. The smallest absolute Gasteiger partial charge is 0.137 e. The number of nitrogens with one attached hydrogen (secondary N) is 1. The van der Waals surface area contributed by atoms with E-state index in [1.54, 1.807) is 37.4 Å². The Morgan fingerprint density at radius 3 is 2.60 bits per heavy atom. The van der Waals surface area contributed by atoms with E-state index < -0.39 is 0 Å². The second-order valence-corrected chi connectivity index (χ2v) is 4.85. The number of halogens is 2. The number of rotatable bonds is 5. The van der Waals surface area contributed by atoms with Crippen molar-refractivity contribution in [3.05, 3.63) is 52.8 Å². The summed E-state index contributed by atoms with van der Waals surface area (Å²) in [5.41, 5.74) is 2.20. The van der Waals surface area contributed by atoms with Crippen LogP contribution >= 0.6 is 11.6 Å². The Hall–Kier alpha value is -1.58. The highest BCUT2D eigenvalue weighted by Gasteiger charge is 2.09. The van der Waals surface area contributed by atoms with Crippen LogP contribution in [0.25, 0.3) is 11.1 Å². The first-order valence-corrected chi connectivity index (χ1v) is 6.86. The van der Waals surface area contributed by atoms with Gasteiger partial charge in [-0.2, -0.15) is 0 Å². The summed E-state index contributed by atoms with van der Waals surface area (Å²) in [4.78, 5) is 0. The summed E-state index contributed by atoms with van der Waals surface area (Å²) in [6.07, 6.45) is 0. The van der Waals surface area contributed by atoms with Crippen LogP contribution in [0.5, 0.6) is 5.75 Å². The molecule has 0 heterocycles. The quantitative estimate of drug-likeness (QED) is 0.889. The zero-order valence-electron chi connectivity index (χ0n) is 11.5. The molecule has 2 aromatic carbocycles. The van der Waals surface area contributed by atoms with Gasteiger partial charge in [-0.15, -0.1) is 0 Å². The molecule has 0 bridgehead atoms. The Kier molecular flexibility index (Phi) is 4.99. The summed E-state index contributed by atoms with van der Waals surface area (Å²) in [7, 11) is 1.55. The predicted octanol–water partition coefficient (Wildman–Crippen LogP) is 4.26. The molecule has 0 fully saturated rings. The van der Waals surface area contributed by atoms with Crippen LogP contribution in [0.4, 0.5) is 4.39 Å². The number of hydrogen-bond donors (Lipinski definition) is 1. The molecule has 2 aromatic rings.